The molecule has 2 saturated heterocycles. The Bertz CT molecular complexity index is 254. The van der Waals surface area contributed by atoms with Gasteiger partial charge in [-0.2, -0.15) is 0 Å². The van der Waals surface area contributed by atoms with Gasteiger partial charge in [-0.05, 0) is 37.8 Å². The highest BCUT2D eigenvalue weighted by atomic mass is 15.3. The zero-order chi connectivity index (χ0) is 12.4. The van der Waals surface area contributed by atoms with Crippen LogP contribution in [0.3, 0.4) is 0 Å². The highest BCUT2D eigenvalue weighted by molar-refractivity contribution is 4.85. The molecule has 0 aromatic rings. The van der Waals surface area contributed by atoms with E-state index in [2.05, 4.69) is 22.0 Å². The summed E-state index contributed by atoms with van der Waals surface area (Å²) in [6.45, 7) is 11.4. The van der Waals surface area contributed by atoms with Gasteiger partial charge in [-0.15, -0.1) is 0 Å². The van der Waals surface area contributed by atoms with E-state index in [9.17, 15) is 0 Å². The van der Waals surface area contributed by atoms with Gasteiger partial charge in [0.15, 0.2) is 0 Å². The number of hydrogen-bond acceptors (Lipinski definition) is 3. The van der Waals surface area contributed by atoms with Crippen molar-refractivity contribution in [2.45, 2.75) is 38.6 Å². The lowest BCUT2D eigenvalue weighted by Crippen LogP contribution is -2.51. The van der Waals surface area contributed by atoms with E-state index in [-0.39, 0.29) is 0 Å². The van der Waals surface area contributed by atoms with Crippen molar-refractivity contribution < 1.29 is 0 Å². The van der Waals surface area contributed by atoms with Crippen molar-refractivity contribution in [1.29, 1.82) is 0 Å². The highest BCUT2D eigenvalue weighted by Crippen LogP contribution is 2.25. The van der Waals surface area contributed by atoms with Gasteiger partial charge in [0.25, 0.3) is 0 Å². The lowest BCUT2D eigenvalue weighted by Gasteiger charge is -2.39. The third-order valence-corrected chi connectivity index (χ3v) is 5.42. The molecule has 104 valence electrons. The summed E-state index contributed by atoms with van der Waals surface area (Å²) < 4.78 is 0. The summed E-state index contributed by atoms with van der Waals surface area (Å²) in [6.07, 6.45) is 5.86. The summed E-state index contributed by atoms with van der Waals surface area (Å²) >= 11 is 0. The molecule has 0 aromatic carbocycles. The monoisotopic (exact) mass is 251 g/mol. The minimum atomic E-state index is 0.873. The molecule has 3 heteroatoms. The van der Waals surface area contributed by atoms with E-state index >= 15 is 0 Å². The van der Waals surface area contributed by atoms with Gasteiger partial charge >= 0.3 is 0 Å². The van der Waals surface area contributed by atoms with E-state index < -0.39 is 0 Å². The first-order valence-electron chi connectivity index (χ1n) is 8.00. The largest absolute Gasteiger partial charge is 0.316 e. The fourth-order valence-corrected chi connectivity index (χ4v) is 4.02. The Morgan fingerprint density at radius 3 is 2.33 bits per heavy atom. The molecule has 1 aliphatic carbocycles. The normalized spacial score (nSPS) is 36.5. The second kappa shape index (κ2) is 5.89. The molecule has 0 aromatic heterocycles. The van der Waals surface area contributed by atoms with Crippen molar-refractivity contribution >= 4 is 0 Å². The third-order valence-electron chi connectivity index (χ3n) is 5.42. The van der Waals surface area contributed by atoms with Crippen LogP contribution in [0, 0.1) is 11.8 Å². The van der Waals surface area contributed by atoms with Crippen LogP contribution in [-0.2, 0) is 0 Å². The molecule has 3 aliphatic rings. The van der Waals surface area contributed by atoms with E-state index in [1.807, 2.05) is 0 Å². The van der Waals surface area contributed by atoms with Crippen molar-refractivity contribution in [3.05, 3.63) is 0 Å². The van der Waals surface area contributed by atoms with Crippen LogP contribution in [0.2, 0.25) is 0 Å². The topological polar surface area (TPSA) is 18.5 Å². The zero-order valence-corrected chi connectivity index (χ0v) is 11.9. The first kappa shape index (κ1) is 12.9. The van der Waals surface area contributed by atoms with E-state index in [0.29, 0.717) is 0 Å². The summed E-state index contributed by atoms with van der Waals surface area (Å²) in [5.41, 5.74) is 0. The van der Waals surface area contributed by atoms with Crippen LogP contribution in [0.25, 0.3) is 0 Å². The number of piperazine rings is 1. The maximum atomic E-state index is 3.53. The van der Waals surface area contributed by atoms with Crippen molar-refractivity contribution in [2.75, 3.05) is 45.8 Å². The highest BCUT2D eigenvalue weighted by Gasteiger charge is 2.29. The van der Waals surface area contributed by atoms with E-state index in [1.54, 1.807) is 0 Å². The molecule has 3 nitrogen and oxygen atoms in total. The van der Waals surface area contributed by atoms with Gasteiger partial charge in [-0.25, -0.2) is 0 Å². The SMILES string of the molecule is CC1CNCC1CN1CCN(C2CCCC2)CC1. The van der Waals surface area contributed by atoms with Crippen LogP contribution in [0.15, 0.2) is 0 Å². The van der Waals surface area contributed by atoms with Crippen molar-refractivity contribution in [1.82, 2.24) is 15.1 Å². The predicted molar refractivity (Wildman–Crippen MR) is 75.8 cm³/mol. The number of hydrogen-bond donors (Lipinski definition) is 1. The van der Waals surface area contributed by atoms with Crippen LogP contribution >= 0.6 is 0 Å². The Labute approximate surface area is 112 Å². The second-order valence-corrected chi connectivity index (χ2v) is 6.67. The Morgan fingerprint density at radius 2 is 1.72 bits per heavy atom. The van der Waals surface area contributed by atoms with Gasteiger partial charge in [0.05, 0.1) is 0 Å². The van der Waals surface area contributed by atoms with Crippen LogP contribution in [-0.4, -0.2) is 61.7 Å². The summed E-state index contributed by atoms with van der Waals surface area (Å²) in [5, 5.41) is 3.53. The van der Waals surface area contributed by atoms with Crippen LogP contribution < -0.4 is 5.32 Å². The molecule has 1 saturated carbocycles. The summed E-state index contributed by atoms with van der Waals surface area (Å²) in [6, 6.07) is 0.930. The van der Waals surface area contributed by atoms with Crippen LogP contribution in [0.1, 0.15) is 32.6 Å². The number of nitrogens with zero attached hydrogens (tertiary/aromatic N) is 2. The summed E-state index contributed by atoms with van der Waals surface area (Å²) in [7, 11) is 0. The molecule has 2 atom stereocenters. The molecule has 0 radical (unpaired) electrons. The zero-order valence-electron chi connectivity index (χ0n) is 11.9. The predicted octanol–water partition coefficient (Wildman–Crippen LogP) is 1.40. The fraction of sp³-hybridized carbons (Fsp3) is 1.00. The van der Waals surface area contributed by atoms with Gasteiger partial charge in [0.1, 0.15) is 0 Å². The average Bonchev–Trinajstić information content (AvgIpc) is 3.03. The molecule has 0 amide bonds. The molecule has 2 heterocycles. The number of nitrogens with one attached hydrogen (secondary N) is 1. The van der Waals surface area contributed by atoms with Crippen molar-refractivity contribution in [3.8, 4) is 0 Å². The van der Waals surface area contributed by atoms with Crippen molar-refractivity contribution in [2.24, 2.45) is 11.8 Å². The van der Waals surface area contributed by atoms with E-state index in [4.69, 9.17) is 0 Å². The van der Waals surface area contributed by atoms with Crippen molar-refractivity contribution in [3.63, 3.8) is 0 Å². The summed E-state index contributed by atoms with van der Waals surface area (Å²) in [5.74, 6) is 1.76. The third kappa shape index (κ3) is 2.89. The van der Waals surface area contributed by atoms with Gasteiger partial charge in [0, 0.05) is 38.8 Å². The minimum absolute atomic E-state index is 0.873. The van der Waals surface area contributed by atoms with E-state index in [1.165, 1.54) is 71.5 Å². The molecule has 3 rings (SSSR count). The second-order valence-electron chi connectivity index (χ2n) is 6.67. The number of rotatable bonds is 3. The quantitative estimate of drug-likeness (QED) is 0.818. The molecular weight excluding hydrogens is 222 g/mol. The molecule has 0 spiro atoms. The smallest absolute Gasteiger partial charge is 0.0113 e. The standard InChI is InChI=1S/C15H29N3/c1-13-10-16-11-14(13)12-17-6-8-18(9-7-17)15-4-2-3-5-15/h13-16H,2-12H2,1H3. The van der Waals surface area contributed by atoms with Gasteiger partial charge in [-0.1, -0.05) is 19.8 Å². The lowest BCUT2D eigenvalue weighted by molar-refractivity contribution is 0.0855. The molecule has 2 aliphatic heterocycles. The average molecular weight is 251 g/mol. The Kier molecular flexibility index (Phi) is 4.22. The molecule has 1 N–H and O–H groups in total. The fourth-order valence-electron chi connectivity index (χ4n) is 4.02. The molecule has 18 heavy (non-hydrogen) atoms. The maximum absolute atomic E-state index is 3.53. The Morgan fingerprint density at radius 1 is 1.00 bits per heavy atom. The lowest BCUT2D eigenvalue weighted by atomic mass is 9.97. The Balaban J connectivity index is 1.42. The molecular formula is C15H29N3. The van der Waals surface area contributed by atoms with Crippen LogP contribution in [0.5, 0.6) is 0 Å². The molecule has 3 fully saturated rings. The molecule has 0 bridgehead atoms. The van der Waals surface area contributed by atoms with Gasteiger partial charge < -0.3 is 10.2 Å². The summed E-state index contributed by atoms with van der Waals surface area (Å²) in [4.78, 5) is 5.47. The van der Waals surface area contributed by atoms with Gasteiger partial charge in [-0.3, -0.25) is 4.90 Å². The first-order valence-corrected chi connectivity index (χ1v) is 8.00. The first-order chi connectivity index (χ1) is 8.83. The molecule has 2 unspecified atom stereocenters. The van der Waals surface area contributed by atoms with Gasteiger partial charge in [0.2, 0.25) is 0 Å². The maximum Gasteiger partial charge on any atom is 0.0113 e. The Hall–Kier alpha value is -0.120. The van der Waals surface area contributed by atoms with Crippen LogP contribution in [0.4, 0.5) is 0 Å². The van der Waals surface area contributed by atoms with E-state index in [0.717, 1.165) is 17.9 Å². The minimum Gasteiger partial charge on any atom is -0.316 e.